The highest BCUT2D eigenvalue weighted by Crippen LogP contribution is 2.63. The minimum Gasteiger partial charge on any atom is -0.497 e. The van der Waals surface area contributed by atoms with Crippen molar-refractivity contribution in [2.75, 3.05) is 45.4 Å². The Morgan fingerprint density at radius 2 is 1.26 bits per heavy atom. The number of hydrogen-bond donors (Lipinski definition) is 0. The summed E-state index contributed by atoms with van der Waals surface area (Å²) in [6.07, 6.45) is 16.1. The van der Waals surface area contributed by atoms with Crippen molar-refractivity contribution >= 4 is 22.5 Å². The molecule has 61 heavy (non-hydrogen) atoms. The molecule has 4 saturated carbocycles. The highest BCUT2D eigenvalue weighted by molar-refractivity contribution is 6.07. The molecule has 5 aromatic rings. The highest BCUT2D eigenvalue weighted by Gasteiger charge is 2.53. The van der Waals surface area contributed by atoms with Crippen LogP contribution in [-0.4, -0.2) is 40.5 Å². The van der Waals surface area contributed by atoms with Crippen LogP contribution in [0.3, 0.4) is 0 Å². The Morgan fingerprint density at radius 3 is 1.87 bits per heavy atom. The van der Waals surface area contributed by atoms with E-state index in [1.54, 1.807) is 19.8 Å². The molecule has 0 amide bonds. The fourth-order valence-electron chi connectivity index (χ4n) is 14.2. The van der Waals surface area contributed by atoms with E-state index in [-0.39, 0.29) is 16.2 Å². The SMILES string of the molecule is COc1ccc(C2(c3ccc(OC)cc3)C=Cc3c4c(c5cc(N6CCOCC6)c(C67CC8CC(CC(C8)C6)C7)cc5c3O2)-c2ccccc2CC(C)(C)CC(C)(C)C4)cc1. The molecule has 0 atom stereocenters. The highest BCUT2D eigenvalue weighted by atomic mass is 16.5. The van der Waals surface area contributed by atoms with Gasteiger partial charge in [-0.1, -0.05) is 82.3 Å². The summed E-state index contributed by atoms with van der Waals surface area (Å²) in [6, 6.07) is 31.7. The van der Waals surface area contributed by atoms with Crippen molar-refractivity contribution in [3.05, 3.63) is 124 Å². The Kier molecular flexibility index (Phi) is 9.24. The van der Waals surface area contributed by atoms with Gasteiger partial charge in [0.15, 0.2) is 5.60 Å². The van der Waals surface area contributed by atoms with E-state index in [4.69, 9.17) is 18.9 Å². The van der Waals surface area contributed by atoms with Crippen LogP contribution < -0.4 is 19.1 Å². The molecule has 5 fully saturated rings. The molecule has 0 unspecified atom stereocenters. The van der Waals surface area contributed by atoms with Crippen molar-refractivity contribution in [2.45, 2.75) is 96.5 Å². The standard InChI is InChI=1S/C56H63NO4/c1-53(2)33-39-9-7-8-10-44(39)51-46-29-50(57-21-23-60-24-22-57)49(55-30-36-25-37(31-55)27-38(26-36)32-55)28-47(46)52-45(48(51)34-54(3,4)35-53)19-20-56(61-52,40-11-15-42(58-5)16-12-40)41-13-17-43(59-6)18-14-41/h7-20,28-29,36-38H,21-27,30-35H2,1-6H3. The summed E-state index contributed by atoms with van der Waals surface area (Å²) in [5, 5.41) is 2.57. The van der Waals surface area contributed by atoms with Crippen molar-refractivity contribution in [2.24, 2.45) is 28.6 Å². The smallest absolute Gasteiger partial charge is 0.178 e. The third-order valence-corrected chi connectivity index (χ3v) is 15.8. The number of benzene rings is 5. The topological polar surface area (TPSA) is 40.2 Å². The van der Waals surface area contributed by atoms with Crippen LogP contribution in [0.25, 0.3) is 28.0 Å². The summed E-state index contributed by atoms with van der Waals surface area (Å²) in [5.74, 6) is 5.18. The van der Waals surface area contributed by atoms with Crippen molar-refractivity contribution in [1.82, 2.24) is 0 Å². The zero-order chi connectivity index (χ0) is 41.7. The second-order valence-corrected chi connectivity index (χ2v) is 21.5. The molecule has 0 radical (unpaired) electrons. The third-order valence-electron chi connectivity index (χ3n) is 15.8. The predicted octanol–water partition coefficient (Wildman–Crippen LogP) is 12.7. The van der Waals surface area contributed by atoms with Crippen LogP contribution in [0.2, 0.25) is 0 Å². The summed E-state index contributed by atoms with van der Waals surface area (Å²) < 4.78 is 25.4. The van der Waals surface area contributed by atoms with Crippen LogP contribution in [0.15, 0.2) is 91.0 Å². The number of methoxy groups -OCH3 is 2. The Labute approximate surface area is 363 Å². The van der Waals surface area contributed by atoms with Crippen molar-refractivity contribution in [3.63, 3.8) is 0 Å². The molecule has 4 bridgehead atoms. The number of hydrogen-bond acceptors (Lipinski definition) is 5. The van der Waals surface area contributed by atoms with Gasteiger partial charge in [-0.15, -0.1) is 0 Å². The molecule has 0 spiro atoms. The molecule has 316 valence electrons. The van der Waals surface area contributed by atoms with E-state index >= 15 is 0 Å². The summed E-state index contributed by atoms with van der Waals surface area (Å²) in [6.45, 7) is 13.3. The molecule has 0 aromatic heterocycles. The zero-order valence-corrected chi connectivity index (χ0v) is 37.2. The lowest BCUT2D eigenvalue weighted by Gasteiger charge is -2.58. The maximum atomic E-state index is 7.98. The van der Waals surface area contributed by atoms with Gasteiger partial charge in [0.1, 0.15) is 17.2 Å². The zero-order valence-electron chi connectivity index (χ0n) is 37.2. The van der Waals surface area contributed by atoms with E-state index in [2.05, 4.69) is 130 Å². The Morgan fingerprint density at radius 1 is 0.672 bits per heavy atom. The lowest BCUT2D eigenvalue weighted by atomic mass is 9.47. The number of ether oxygens (including phenoxy) is 4. The van der Waals surface area contributed by atoms with Gasteiger partial charge in [-0.2, -0.15) is 0 Å². The van der Waals surface area contributed by atoms with Gasteiger partial charge in [-0.3, -0.25) is 0 Å². The normalized spacial score (nSPS) is 26.6. The molecule has 0 N–H and O–H groups in total. The first-order valence-corrected chi connectivity index (χ1v) is 23.2. The summed E-state index contributed by atoms with van der Waals surface area (Å²) in [4.78, 5) is 2.69. The third kappa shape index (κ3) is 6.59. The molecule has 2 heterocycles. The Hall–Kier alpha value is -4.74. The fraction of sp³-hybridized carbons (Fsp3) is 0.464. The number of anilines is 1. The van der Waals surface area contributed by atoms with Gasteiger partial charge in [0.2, 0.25) is 0 Å². The van der Waals surface area contributed by atoms with Crippen LogP contribution in [0.4, 0.5) is 5.69 Å². The summed E-state index contributed by atoms with van der Waals surface area (Å²) in [7, 11) is 3.47. The largest absolute Gasteiger partial charge is 0.497 e. The Bertz CT molecular complexity index is 2440. The second-order valence-electron chi connectivity index (χ2n) is 21.5. The molecule has 1 saturated heterocycles. The first kappa shape index (κ1) is 39.1. The molecule has 2 aliphatic heterocycles. The first-order chi connectivity index (χ1) is 29.5. The molecule has 7 aliphatic rings. The molecule has 12 rings (SSSR count). The van der Waals surface area contributed by atoms with Gasteiger partial charge >= 0.3 is 0 Å². The number of rotatable bonds is 6. The van der Waals surface area contributed by atoms with Crippen LogP contribution in [0.1, 0.15) is 106 Å². The van der Waals surface area contributed by atoms with Crippen LogP contribution >= 0.6 is 0 Å². The summed E-state index contributed by atoms with van der Waals surface area (Å²) >= 11 is 0. The van der Waals surface area contributed by atoms with E-state index < -0.39 is 5.60 Å². The lowest BCUT2D eigenvalue weighted by molar-refractivity contribution is -0.00502. The van der Waals surface area contributed by atoms with E-state index in [9.17, 15) is 0 Å². The van der Waals surface area contributed by atoms with Crippen molar-refractivity contribution in [3.8, 4) is 28.4 Å². The minimum absolute atomic E-state index is 0.0439. The van der Waals surface area contributed by atoms with E-state index in [1.165, 1.54) is 82.8 Å². The average Bonchev–Trinajstić information content (AvgIpc) is 3.29. The van der Waals surface area contributed by atoms with Crippen molar-refractivity contribution in [1.29, 1.82) is 0 Å². The van der Waals surface area contributed by atoms with Gasteiger partial charge in [-0.25, -0.2) is 0 Å². The van der Waals surface area contributed by atoms with Gasteiger partial charge in [-0.05, 0) is 167 Å². The minimum atomic E-state index is -0.885. The lowest BCUT2D eigenvalue weighted by Crippen LogP contribution is -2.49. The van der Waals surface area contributed by atoms with E-state index in [0.717, 1.165) is 91.7 Å². The number of nitrogens with zero attached hydrogens (tertiary/aromatic N) is 1. The molecule has 5 heteroatoms. The van der Waals surface area contributed by atoms with Crippen molar-refractivity contribution < 1.29 is 18.9 Å². The average molecular weight is 814 g/mol. The molecular weight excluding hydrogens is 751 g/mol. The fourth-order valence-corrected chi connectivity index (χ4v) is 14.2. The van der Waals surface area contributed by atoms with Crippen LogP contribution in [0, 0.1) is 28.6 Å². The van der Waals surface area contributed by atoms with Gasteiger partial charge in [0.05, 0.1) is 27.4 Å². The number of fused-ring (bicyclic) bond motifs is 8. The van der Waals surface area contributed by atoms with Crippen LogP contribution in [-0.2, 0) is 28.6 Å². The maximum absolute atomic E-state index is 7.98. The maximum Gasteiger partial charge on any atom is 0.178 e. The van der Waals surface area contributed by atoms with Gasteiger partial charge in [0, 0.05) is 40.9 Å². The van der Waals surface area contributed by atoms with Crippen LogP contribution in [0.5, 0.6) is 17.2 Å². The first-order valence-electron chi connectivity index (χ1n) is 23.2. The summed E-state index contributed by atoms with van der Waals surface area (Å²) in [5.41, 5.74) is 11.5. The molecular formula is C56H63NO4. The second kappa shape index (κ2) is 14.4. The predicted molar refractivity (Wildman–Crippen MR) is 248 cm³/mol. The quantitative estimate of drug-likeness (QED) is 0.171. The van der Waals surface area contributed by atoms with E-state index in [1.807, 2.05) is 0 Å². The number of morpholine rings is 1. The molecule has 5 aromatic carbocycles. The van der Waals surface area contributed by atoms with Gasteiger partial charge in [0.25, 0.3) is 0 Å². The Balaban J connectivity index is 1.24. The van der Waals surface area contributed by atoms with Gasteiger partial charge < -0.3 is 23.8 Å². The monoisotopic (exact) mass is 813 g/mol. The molecule has 5 aliphatic carbocycles. The van der Waals surface area contributed by atoms with E-state index in [0.29, 0.717) is 0 Å². The molecule has 5 nitrogen and oxygen atoms in total.